The van der Waals surface area contributed by atoms with E-state index >= 15 is 0 Å². The SMILES string of the molecule is Cc1cc(C(=O)OCC(=O)Nc2cc(Cl)ccc2F)c(C)n1C(C)C. The van der Waals surface area contributed by atoms with Gasteiger partial charge in [-0.25, -0.2) is 9.18 Å². The van der Waals surface area contributed by atoms with E-state index in [0.29, 0.717) is 5.56 Å². The first kappa shape index (κ1) is 19.0. The molecule has 0 aliphatic carbocycles. The molecule has 0 saturated carbocycles. The molecule has 1 N–H and O–H groups in total. The van der Waals surface area contributed by atoms with E-state index < -0.39 is 24.3 Å². The number of aromatic nitrogens is 1. The Bertz CT molecular complexity index is 815. The molecule has 0 bridgehead atoms. The molecule has 0 aliphatic heterocycles. The minimum atomic E-state index is -0.646. The van der Waals surface area contributed by atoms with Gasteiger partial charge in [-0.05, 0) is 52.0 Å². The van der Waals surface area contributed by atoms with Gasteiger partial charge in [0, 0.05) is 22.5 Å². The van der Waals surface area contributed by atoms with Crippen LogP contribution in [0.3, 0.4) is 0 Å². The third kappa shape index (κ3) is 4.39. The summed E-state index contributed by atoms with van der Waals surface area (Å²) in [6, 6.07) is 5.73. The van der Waals surface area contributed by atoms with E-state index in [1.807, 2.05) is 32.3 Å². The van der Waals surface area contributed by atoms with Crippen LogP contribution in [0.4, 0.5) is 10.1 Å². The van der Waals surface area contributed by atoms with E-state index in [1.165, 1.54) is 12.1 Å². The number of rotatable bonds is 5. The Hall–Kier alpha value is -2.34. The van der Waals surface area contributed by atoms with Crippen LogP contribution < -0.4 is 5.32 Å². The number of aryl methyl sites for hydroxylation is 1. The van der Waals surface area contributed by atoms with Crippen molar-refractivity contribution in [3.05, 3.63) is 52.1 Å². The molecule has 0 radical (unpaired) electrons. The molecule has 5 nitrogen and oxygen atoms in total. The quantitative estimate of drug-likeness (QED) is 0.804. The number of amides is 1. The van der Waals surface area contributed by atoms with E-state index in [1.54, 1.807) is 6.07 Å². The summed E-state index contributed by atoms with van der Waals surface area (Å²) in [6.07, 6.45) is 0. The van der Waals surface area contributed by atoms with Crippen LogP contribution in [0.2, 0.25) is 5.02 Å². The Morgan fingerprint density at radius 1 is 1.28 bits per heavy atom. The molecule has 134 valence electrons. The fourth-order valence-electron chi connectivity index (χ4n) is 2.77. The summed E-state index contributed by atoms with van der Waals surface area (Å²) >= 11 is 5.76. The number of hydrogen-bond acceptors (Lipinski definition) is 3. The van der Waals surface area contributed by atoms with Crippen molar-refractivity contribution in [3.8, 4) is 0 Å². The lowest BCUT2D eigenvalue weighted by Gasteiger charge is -2.13. The Balaban J connectivity index is 2.01. The van der Waals surface area contributed by atoms with Crippen LogP contribution in [0.25, 0.3) is 0 Å². The highest BCUT2D eigenvalue weighted by Gasteiger charge is 2.19. The number of esters is 1. The Morgan fingerprint density at radius 2 is 1.96 bits per heavy atom. The van der Waals surface area contributed by atoms with Crippen molar-refractivity contribution in [1.29, 1.82) is 0 Å². The number of nitrogens with zero attached hydrogens (tertiary/aromatic N) is 1. The topological polar surface area (TPSA) is 60.3 Å². The van der Waals surface area contributed by atoms with Gasteiger partial charge in [0.1, 0.15) is 5.82 Å². The van der Waals surface area contributed by atoms with Gasteiger partial charge in [-0.15, -0.1) is 0 Å². The van der Waals surface area contributed by atoms with Gasteiger partial charge in [0.15, 0.2) is 6.61 Å². The van der Waals surface area contributed by atoms with E-state index in [-0.39, 0.29) is 16.8 Å². The fourth-order valence-corrected chi connectivity index (χ4v) is 2.94. The van der Waals surface area contributed by atoms with Crippen molar-refractivity contribution in [2.24, 2.45) is 0 Å². The summed E-state index contributed by atoms with van der Waals surface area (Å²) in [5.41, 5.74) is 2.06. The molecule has 0 unspecified atom stereocenters. The van der Waals surface area contributed by atoms with Gasteiger partial charge in [0.25, 0.3) is 5.91 Å². The Morgan fingerprint density at radius 3 is 2.56 bits per heavy atom. The molecule has 0 atom stereocenters. The van der Waals surface area contributed by atoms with Crippen LogP contribution in [-0.2, 0) is 9.53 Å². The summed E-state index contributed by atoms with van der Waals surface area (Å²) in [5.74, 6) is -1.86. The van der Waals surface area contributed by atoms with Crippen molar-refractivity contribution in [1.82, 2.24) is 4.57 Å². The molecule has 0 fully saturated rings. The molecule has 0 aliphatic rings. The first-order valence-electron chi connectivity index (χ1n) is 7.81. The first-order chi connectivity index (χ1) is 11.7. The molecule has 0 spiro atoms. The van der Waals surface area contributed by atoms with Crippen LogP contribution in [0.15, 0.2) is 24.3 Å². The van der Waals surface area contributed by atoms with Crippen molar-refractivity contribution < 1.29 is 18.7 Å². The average Bonchev–Trinajstić information content (AvgIpc) is 2.83. The molecule has 1 aromatic carbocycles. The monoisotopic (exact) mass is 366 g/mol. The number of ether oxygens (including phenoxy) is 1. The highest BCUT2D eigenvalue weighted by Crippen LogP contribution is 2.21. The molecule has 2 rings (SSSR count). The Labute approximate surface area is 150 Å². The second-order valence-corrected chi connectivity index (χ2v) is 6.43. The van der Waals surface area contributed by atoms with Crippen molar-refractivity contribution in [2.45, 2.75) is 33.7 Å². The number of hydrogen-bond donors (Lipinski definition) is 1. The Kier molecular flexibility index (Phi) is 5.85. The van der Waals surface area contributed by atoms with Gasteiger partial charge < -0.3 is 14.6 Å². The van der Waals surface area contributed by atoms with Crippen molar-refractivity contribution in [2.75, 3.05) is 11.9 Å². The number of benzene rings is 1. The lowest BCUT2D eigenvalue weighted by atomic mass is 10.2. The summed E-state index contributed by atoms with van der Waals surface area (Å²) in [4.78, 5) is 24.1. The van der Waals surface area contributed by atoms with Gasteiger partial charge in [0.05, 0.1) is 11.3 Å². The minimum absolute atomic E-state index is 0.0634. The molecule has 1 heterocycles. The van der Waals surface area contributed by atoms with Gasteiger partial charge in [0.2, 0.25) is 0 Å². The third-order valence-electron chi connectivity index (χ3n) is 3.76. The minimum Gasteiger partial charge on any atom is -0.452 e. The second kappa shape index (κ2) is 7.70. The van der Waals surface area contributed by atoms with Crippen LogP contribution in [-0.4, -0.2) is 23.1 Å². The summed E-state index contributed by atoms with van der Waals surface area (Å²) in [6.45, 7) is 7.24. The number of anilines is 1. The zero-order valence-electron chi connectivity index (χ0n) is 14.5. The van der Waals surface area contributed by atoms with Crippen molar-refractivity contribution in [3.63, 3.8) is 0 Å². The summed E-state index contributed by atoms with van der Waals surface area (Å²) in [7, 11) is 0. The summed E-state index contributed by atoms with van der Waals surface area (Å²) < 4.78 is 20.6. The first-order valence-corrected chi connectivity index (χ1v) is 8.19. The van der Waals surface area contributed by atoms with E-state index in [9.17, 15) is 14.0 Å². The van der Waals surface area contributed by atoms with Crippen LogP contribution in [0.5, 0.6) is 0 Å². The number of halogens is 2. The zero-order chi connectivity index (χ0) is 18.7. The van der Waals surface area contributed by atoms with E-state index in [0.717, 1.165) is 17.5 Å². The molecular weight excluding hydrogens is 347 g/mol. The number of carbonyl (C=O) groups excluding carboxylic acids is 2. The predicted molar refractivity (Wildman–Crippen MR) is 94.6 cm³/mol. The van der Waals surface area contributed by atoms with Crippen molar-refractivity contribution >= 4 is 29.2 Å². The second-order valence-electron chi connectivity index (χ2n) is 6.00. The van der Waals surface area contributed by atoms with Crippen LogP contribution >= 0.6 is 11.6 Å². The highest BCUT2D eigenvalue weighted by molar-refractivity contribution is 6.30. The van der Waals surface area contributed by atoms with Crippen LogP contribution in [0, 0.1) is 19.7 Å². The van der Waals surface area contributed by atoms with Gasteiger partial charge in [-0.3, -0.25) is 4.79 Å². The maximum absolute atomic E-state index is 13.6. The molecule has 25 heavy (non-hydrogen) atoms. The number of nitrogens with one attached hydrogen (secondary N) is 1. The zero-order valence-corrected chi connectivity index (χ0v) is 15.3. The third-order valence-corrected chi connectivity index (χ3v) is 3.99. The average molecular weight is 367 g/mol. The maximum Gasteiger partial charge on any atom is 0.340 e. The highest BCUT2D eigenvalue weighted by atomic mass is 35.5. The maximum atomic E-state index is 13.6. The number of carbonyl (C=O) groups is 2. The normalized spacial score (nSPS) is 10.8. The van der Waals surface area contributed by atoms with Gasteiger partial charge in [-0.1, -0.05) is 11.6 Å². The van der Waals surface area contributed by atoms with E-state index in [2.05, 4.69) is 5.32 Å². The van der Waals surface area contributed by atoms with Gasteiger partial charge >= 0.3 is 5.97 Å². The molecule has 1 amide bonds. The lowest BCUT2D eigenvalue weighted by Crippen LogP contribution is -2.21. The van der Waals surface area contributed by atoms with E-state index in [4.69, 9.17) is 16.3 Å². The molecule has 2 aromatic rings. The summed E-state index contributed by atoms with van der Waals surface area (Å²) in [5, 5.41) is 2.61. The largest absolute Gasteiger partial charge is 0.452 e. The predicted octanol–water partition coefficient (Wildman–Crippen LogP) is 4.27. The fraction of sp³-hybridized carbons (Fsp3) is 0.333. The molecule has 7 heteroatoms. The molecule has 1 aromatic heterocycles. The van der Waals surface area contributed by atoms with Gasteiger partial charge in [-0.2, -0.15) is 0 Å². The lowest BCUT2D eigenvalue weighted by molar-refractivity contribution is -0.119. The standard InChI is InChI=1S/C18H20ClFN2O3/c1-10(2)22-11(3)7-14(12(22)4)18(24)25-9-17(23)21-16-8-13(19)5-6-15(16)20/h5-8,10H,9H2,1-4H3,(H,21,23). The molecule has 0 saturated heterocycles. The van der Waals surface area contributed by atoms with Crippen LogP contribution in [0.1, 0.15) is 41.6 Å². The smallest absolute Gasteiger partial charge is 0.340 e. The molecular formula is C18H20ClFN2O3.